The van der Waals surface area contributed by atoms with Crippen molar-refractivity contribution in [3.63, 3.8) is 0 Å². The first kappa shape index (κ1) is 16.8. The van der Waals surface area contributed by atoms with Gasteiger partial charge in [-0.1, -0.05) is 0 Å². The third kappa shape index (κ3) is 3.39. The van der Waals surface area contributed by atoms with Gasteiger partial charge < -0.3 is 26.8 Å². The molecule has 5 heteroatoms. The fraction of sp³-hybridized carbons (Fsp3) is 1.00. The van der Waals surface area contributed by atoms with Crippen LogP contribution in [0.5, 0.6) is 0 Å². The standard InChI is InChI=1S/C12H30N4O/c1-9(2,11(5,13)15-7)17-10(3,4)12(6,14)16-8/h15-16H,13-14H2,1-8H3. The van der Waals surface area contributed by atoms with Crippen LogP contribution in [0.15, 0.2) is 0 Å². The molecule has 0 aliphatic rings. The van der Waals surface area contributed by atoms with E-state index >= 15 is 0 Å². The van der Waals surface area contributed by atoms with Crippen LogP contribution in [0.25, 0.3) is 0 Å². The Labute approximate surface area is 106 Å². The minimum absolute atomic E-state index is 0.567. The van der Waals surface area contributed by atoms with Gasteiger partial charge in [0.15, 0.2) is 0 Å². The summed E-state index contributed by atoms with van der Waals surface area (Å²) in [5, 5.41) is 6.13. The first-order chi connectivity index (χ1) is 7.33. The normalized spacial score (nSPS) is 20.8. The van der Waals surface area contributed by atoms with Gasteiger partial charge >= 0.3 is 0 Å². The van der Waals surface area contributed by atoms with Crippen LogP contribution in [0.2, 0.25) is 0 Å². The minimum Gasteiger partial charge on any atom is -0.363 e. The molecular formula is C12H30N4O. The highest BCUT2D eigenvalue weighted by Crippen LogP contribution is 2.31. The van der Waals surface area contributed by atoms with Crippen molar-refractivity contribution < 1.29 is 4.74 Å². The van der Waals surface area contributed by atoms with Crippen LogP contribution in [0, 0.1) is 0 Å². The van der Waals surface area contributed by atoms with Gasteiger partial charge in [-0.3, -0.25) is 0 Å². The van der Waals surface area contributed by atoms with Crippen molar-refractivity contribution >= 4 is 0 Å². The van der Waals surface area contributed by atoms with Gasteiger partial charge in [-0.25, -0.2) is 0 Å². The number of ether oxygens (including phenoxy) is 1. The van der Waals surface area contributed by atoms with E-state index in [4.69, 9.17) is 16.2 Å². The number of hydrogen-bond donors (Lipinski definition) is 4. The Balaban J connectivity index is 5.07. The van der Waals surface area contributed by atoms with Crippen molar-refractivity contribution in [1.82, 2.24) is 10.6 Å². The number of nitrogens with two attached hydrogens (primary N) is 2. The second-order valence-corrected chi connectivity index (χ2v) is 6.03. The van der Waals surface area contributed by atoms with Crippen LogP contribution in [-0.4, -0.2) is 36.6 Å². The van der Waals surface area contributed by atoms with Crippen molar-refractivity contribution in [1.29, 1.82) is 0 Å². The Morgan fingerprint density at radius 1 is 0.706 bits per heavy atom. The molecule has 2 unspecified atom stereocenters. The molecule has 0 aliphatic heterocycles. The zero-order valence-corrected chi connectivity index (χ0v) is 12.6. The highest BCUT2D eigenvalue weighted by atomic mass is 16.5. The lowest BCUT2D eigenvalue weighted by molar-refractivity contribution is -0.188. The van der Waals surface area contributed by atoms with Crippen LogP contribution >= 0.6 is 0 Å². The number of nitrogens with one attached hydrogen (secondary N) is 2. The highest BCUT2D eigenvalue weighted by Gasteiger charge is 2.47. The van der Waals surface area contributed by atoms with Gasteiger partial charge in [0.1, 0.15) is 0 Å². The summed E-state index contributed by atoms with van der Waals surface area (Å²) in [6.07, 6.45) is 0. The van der Waals surface area contributed by atoms with Crippen LogP contribution < -0.4 is 22.1 Å². The smallest absolute Gasteiger partial charge is 0.0942 e. The quantitative estimate of drug-likeness (QED) is 0.508. The zero-order valence-electron chi connectivity index (χ0n) is 12.6. The fourth-order valence-corrected chi connectivity index (χ4v) is 1.45. The maximum Gasteiger partial charge on any atom is 0.0942 e. The lowest BCUT2D eigenvalue weighted by Gasteiger charge is -2.50. The van der Waals surface area contributed by atoms with Crippen LogP contribution in [0.4, 0.5) is 0 Å². The van der Waals surface area contributed by atoms with Gasteiger partial charge in [-0.15, -0.1) is 0 Å². The zero-order chi connectivity index (χ0) is 14.1. The minimum atomic E-state index is -0.645. The Bertz CT molecular complexity index is 233. The third-order valence-corrected chi connectivity index (χ3v) is 4.05. The second-order valence-electron chi connectivity index (χ2n) is 6.03. The number of likely N-dealkylation sites (N-methyl/N-ethyl adjacent to an activating group) is 2. The predicted molar refractivity (Wildman–Crippen MR) is 72.5 cm³/mol. The van der Waals surface area contributed by atoms with Crippen LogP contribution in [0.3, 0.4) is 0 Å². The summed E-state index contributed by atoms with van der Waals surface area (Å²) < 4.78 is 6.16. The van der Waals surface area contributed by atoms with Gasteiger partial charge in [0, 0.05) is 0 Å². The summed E-state index contributed by atoms with van der Waals surface area (Å²) in [7, 11) is 3.63. The monoisotopic (exact) mass is 246 g/mol. The Kier molecular flexibility index (Phi) is 4.76. The van der Waals surface area contributed by atoms with Gasteiger partial charge in [0.05, 0.1) is 22.5 Å². The summed E-state index contributed by atoms with van der Waals surface area (Å²) >= 11 is 0. The van der Waals surface area contributed by atoms with Crippen molar-refractivity contribution in [3.8, 4) is 0 Å². The molecule has 0 amide bonds. The van der Waals surface area contributed by atoms with Crippen molar-refractivity contribution in [2.75, 3.05) is 14.1 Å². The molecule has 0 rings (SSSR count). The molecule has 0 aromatic carbocycles. The highest BCUT2D eigenvalue weighted by molar-refractivity contribution is 5.00. The van der Waals surface area contributed by atoms with Crippen molar-refractivity contribution in [2.45, 2.75) is 64.1 Å². The first-order valence-corrected chi connectivity index (χ1v) is 5.99. The van der Waals surface area contributed by atoms with Gasteiger partial charge in [-0.2, -0.15) is 0 Å². The summed E-state index contributed by atoms with van der Waals surface area (Å²) in [5.41, 5.74) is 9.95. The van der Waals surface area contributed by atoms with E-state index in [0.29, 0.717) is 0 Å². The van der Waals surface area contributed by atoms with E-state index in [0.717, 1.165) is 0 Å². The van der Waals surface area contributed by atoms with E-state index in [1.54, 1.807) is 0 Å². The summed E-state index contributed by atoms with van der Waals surface area (Å²) in [4.78, 5) is 0. The molecular weight excluding hydrogens is 216 g/mol. The molecule has 0 radical (unpaired) electrons. The van der Waals surface area contributed by atoms with Gasteiger partial charge in [-0.05, 0) is 55.6 Å². The Hall–Kier alpha value is -0.200. The molecule has 6 N–H and O–H groups in total. The number of rotatable bonds is 6. The SMILES string of the molecule is CNC(C)(N)C(C)(C)OC(C)(C)C(C)(N)NC. The van der Waals surface area contributed by atoms with Crippen molar-refractivity contribution in [3.05, 3.63) is 0 Å². The molecule has 0 spiro atoms. The van der Waals surface area contributed by atoms with Crippen LogP contribution in [0.1, 0.15) is 41.5 Å². The molecule has 0 aromatic rings. The van der Waals surface area contributed by atoms with Gasteiger partial charge in [0.25, 0.3) is 0 Å². The van der Waals surface area contributed by atoms with E-state index in [-0.39, 0.29) is 0 Å². The third-order valence-electron chi connectivity index (χ3n) is 4.05. The van der Waals surface area contributed by atoms with E-state index in [2.05, 4.69) is 10.6 Å². The number of hydrogen-bond acceptors (Lipinski definition) is 5. The average Bonchev–Trinajstić information content (AvgIpc) is 2.15. The predicted octanol–water partition coefficient (Wildman–Crippen LogP) is 0.349. The molecule has 0 aliphatic carbocycles. The lowest BCUT2D eigenvalue weighted by atomic mass is 9.88. The topological polar surface area (TPSA) is 85.3 Å². The molecule has 2 atom stereocenters. The summed E-state index contributed by atoms with van der Waals surface area (Å²) in [6, 6.07) is 0. The first-order valence-electron chi connectivity index (χ1n) is 5.99. The molecule has 0 heterocycles. The lowest BCUT2D eigenvalue weighted by Crippen LogP contribution is -2.71. The van der Waals surface area contributed by atoms with E-state index in [1.807, 2.05) is 55.6 Å². The molecule has 104 valence electrons. The largest absolute Gasteiger partial charge is 0.363 e. The second kappa shape index (κ2) is 4.82. The molecule has 5 nitrogen and oxygen atoms in total. The average molecular weight is 246 g/mol. The molecule has 0 saturated heterocycles. The molecule has 0 aromatic heterocycles. The van der Waals surface area contributed by atoms with E-state index in [9.17, 15) is 0 Å². The Morgan fingerprint density at radius 2 is 0.941 bits per heavy atom. The van der Waals surface area contributed by atoms with E-state index in [1.165, 1.54) is 0 Å². The Morgan fingerprint density at radius 3 is 1.12 bits per heavy atom. The van der Waals surface area contributed by atoms with Crippen molar-refractivity contribution in [2.24, 2.45) is 11.5 Å². The maximum absolute atomic E-state index is 6.19. The fourth-order valence-electron chi connectivity index (χ4n) is 1.45. The molecule has 0 fully saturated rings. The molecule has 0 saturated carbocycles. The van der Waals surface area contributed by atoms with E-state index < -0.39 is 22.5 Å². The van der Waals surface area contributed by atoms with Crippen LogP contribution in [-0.2, 0) is 4.74 Å². The summed E-state index contributed by atoms with van der Waals surface area (Å²) in [5.74, 6) is 0. The maximum atomic E-state index is 6.19. The molecule has 0 bridgehead atoms. The summed E-state index contributed by atoms with van der Waals surface area (Å²) in [6.45, 7) is 11.6. The van der Waals surface area contributed by atoms with Gasteiger partial charge in [0.2, 0.25) is 0 Å². The molecule has 17 heavy (non-hydrogen) atoms.